The van der Waals surface area contributed by atoms with E-state index < -0.39 is 0 Å². The Morgan fingerprint density at radius 2 is 2.40 bits per heavy atom. The molecule has 58 valence electrons. The van der Waals surface area contributed by atoms with E-state index in [0.29, 0.717) is 5.92 Å². The molecule has 0 aromatic heterocycles. The lowest BCUT2D eigenvalue weighted by Crippen LogP contribution is -2.21. The normalized spacial score (nSPS) is 48.0. The van der Waals surface area contributed by atoms with Crippen LogP contribution in [0.25, 0.3) is 0 Å². The molecule has 1 saturated carbocycles. The Bertz CT molecular complexity index is 148. The summed E-state index contributed by atoms with van der Waals surface area (Å²) >= 11 is 0. The van der Waals surface area contributed by atoms with Crippen molar-refractivity contribution in [2.45, 2.75) is 24.9 Å². The maximum absolute atomic E-state index is 9.72. The Morgan fingerprint density at radius 1 is 1.60 bits per heavy atom. The van der Waals surface area contributed by atoms with E-state index in [0.717, 1.165) is 19.4 Å². The summed E-state index contributed by atoms with van der Waals surface area (Å²) in [6.45, 7) is 2.27. The van der Waals surface area contributed by atoms with Crippen LogP contribution in [0.5, 0.6) is 0 Å². The fourth-order valence-corrected chi connectivity index (χ4v) is 2.03. The highest BCUT2D eigenvalue weighted by Gasteiger charge is 2.53. The molecule has 2 aliphatic rings. The molecule has 0 bridgehead atoms. The Kier molecular flexibility index (Phi) is 1.29. The van der Waals surface area contributed by atoms with Gasteiger partial charge in [0.25, 0.3) is 0 Å². The molecule has 10 heavy (non-hydrogen) atoms. The minimum absolute atomic E-state index is 0.231. The molecule has 2 rings (SSSR count). The number of nitrogens with zero attached hydrogens (tertiary/aromatic N) is 1. The molecule has 1 aliphatic heterocycles. The summed E-state index contributed by atoms with van der Waals surface area (Å²) in [6.07, 6.45) is 3.25. The molecule has 0 radical (unpaired) electrons. The highest BCUT2D eigenvalue weighted by Crippen LogP contribution is 2.48. The fraction of sp³-hybridized carbons (Fsp3) is 1.00. The molecule has 2 unspecified atom stereocenters. The molecule has 0 aromatic rings. The summed E-state index contributed by atoms with van der Waals surface area (Å²) in [5.41, 5.74) is -0.231. The second-order valence-corrected chi connectivity index (χ2v) is 3.87. The van der Waals surface area contributed by atoms with Gasteiger partial charge in [0.1, 0.15) is 0 Å². The van der Waals surface area contributed by atoms with Crippen LogP contribution in [0.4, 0.5) is 0 Å². The van der Waals surface area contributed by atoms with Crippen molar-refractivity contribution in [2.75, 3.05) is 20.1 Å². The maximum atomic E-state index is 9.72. The van der Waals surface area contributed by atoms with Gasteiger partial charge in [-0.1, -0.05) is 0 Å². The van der Waals surface area contributed by atoms with Crippen LogP contribution in [0.1, 0.15) is 19.3 Å². The quantitative estimate of drug-likeness (QED) is 0.530. The van der Waals surface area contributed by atoms with Gasteiger partial charge in [-0.3, -0.25) is 0 Å². The van der Waals surface area contributed by atoms with E-state index in [2.05, 4.69) is 11.9 Å². The largest absolute Gasteiger partial charge is 0.390 e. The molecule has 1 heterocycles. The zero-order chi connectivity index (χ0) is 7.19. The van der Waals surface area contributed by atoms with E-state index in [1.807, 2.05) is 0 Å². The van der Waals surface area contributed by atoms with Gasteiger partial charge in [0.05, 0.1) is 5.60 Å². The van der Waals surface area contributed by atoms with E-state index in [4.69, 9.17) is 0 Å². The zero-order valence-corrected chi connectivity index (χ0v) is 6.51. The second kappa shape index (κ2) is 1.95. The third-order valence-corrected chi connectivity index (χ3v) is 2.88. The molecule has 0 spiro atoms. The van der Waals surface area contributed by atoms with Crippen molar-refractivity contribution in [3.8, 4) is 0 Å². The predicted molar refractivity (Wildman–Crippen MR) is 39.8 cm³/mol. The van der Waals surface area contributed by atoms with Crippen molar-refractivity contribution in [1.29, 1.82) is 0 Å². The number of hydrogen-bond donors (Lipinski definition) is 1. The van der Waals surface area contributed by atoms with E-state index >= 15 is 0 Å². The number of hydrogen-bond acceptors (Lipinski definition) is 2. The summed E-state index contributed by atoms with van der Waals surface area (Å²) < 4.78 is 0. The number of aliphatic hydroxyl groups is 1. The first kappa shape index (κ1) is 6.62. The van der Waals surface area contributed by atoms with Crippen molar-refractivity contribution < 1.29 is 5.11 Å². The van der Waals surface area contributed by atoms with Crippen molar-refractivity contribution >= 4 is 0 Å². The van der Waals surface area contributed by atoms with Gasteiger partial charge < -0.3 is 10.0 Å². The van der Waals surface area contributed by atoms with Crippen LogP contribution in [0.15, 0.2) is 0 Å². The van der Waals surface area contributed by atoms with E-state index in [1.54, 1.807) is 0 Å². The Hall–Kier alpha value is -0.0800. The average Bonchev–Trinajstić information content (AvgIpc) is 2.41. The lowest BCUT2D eigenvalue weighted by Gasteiger charge is -2.11. The number of likely N-dealkylation sites (tertiary alicyclic amines) is 1. The van der Waals surface area contributed by atoms with Gasteiger partial charge >= 0.3 is 0 Å². The zero-order valence-electron chi connectivity index (χ0n) is 6.51. The Morgan fingerprint density at radius 3 is 3.20 bits per heavy atom. The molecule has 1 N–H and O–H groups in total. The molecule has 2 nitrogen and oxygen atoms in total. The van der Waals surface area contributed by atoms with Gasteiger partial charge in [0.15, 0.2) is 0 Å². The second-order valence-electron chi connectivity index (χ2n) is 3.87. The highest BCUT2D eigenvalue weighted by atomic mass is 16.3. The first-order valence-electron chi connectivity index (χ1n) is 4.12. The highest BCUT2D eigenvalue weighted by molar-refractivity contribution is 5.05. The summed E-state index contributed by atoms with van der Waals surface area (Å²) in [7, 11) is 2.14. The summed E-state index contributed by atoms with van der Waals surface area (Å²) in [4.78, 5) is 2.33. The predicted octanol–water partition coefficient (Wildman–Crippen LogP) is 0.463. The van der Waals surface area contributed by atoms with E-state index in [1.165, 1.54) is 13.0 Å². The molecular formula is C8H15NO. The Labute approximate surface area is 61.8 Å². The van der Waals surface area contributed by atoms with Crippen molar-refractivity contribution in [3.05, 3.63) is 0 Å². The fourth-order valence-electron chi connectivity index (χ4n) is 2.03. The van der Waals surface area contributed by atoms with E-state index in [9.17, 15) is 5.11 Å². The van der Waals surface area contributed by atoms with Crippen LogP contribution < -0.4 is 0 Å². The van der Waals surface area contributed by atoms with Crippen molar-refractivity contribution in [2.24, 2.45) is 5.92 Å². The van der Waals surface area contributed by atoms with E-state index in [-0.39, 0.29) is 5.60 Å². The van der Waals surface area contributed by atoms with Crippen LogP contribution in [0.2, 0.25) is 0 Å². The van der Waals surface area contributed by atoms with Gasteiger partial charge in [-0.25, -0.2) is 0 Å². The molecule has 0 amide bonds. The Balaban J connectivity index is 2.00. The monoisotopic (exact) mass is 141 g/mol. The maximum Gasteiger partial charge on any atom is 0.0693 e. The van der Waals surface area contributed by atoms with Gasteiger partial charge in [-0.15, -0.1) is 0 Å². The molecular weight excluding hydrogens is 126 g/mol. The number of rotatable bonds is 0. The molecule has 1 aliphatic carbocycles. The lowest BCUT2D eigenvalue weighted by atomic mass is 10.1. The van der Waals surface area contributed by atoms with Crippen molar-refractivity contribution in [3.63, 3.8) is 0 Å². The third kappa shape index (κ3) is 0.956. The standard InChI is InChI=1S/C8H15NO/c1-9-4-2-3-8(10)5-7(8)6-9/h7,10H,2-6H2,1H3. The van der Waals surface area contributed by atoms with Crippen LogP contribution in [-0.4, -0.2) is 35.7 Å². The molecule has 0 aromatic carbocycles. The van der Waals surface area contributed by atoms with Crippen LogP contribution in [0, 0.1) is 5.92 Å². The molecule has 2 fully saturated rings. The molecule has 2 atom stereocenters. The smallest absolute Gasteiger partial charge is 0.0693 e. The summed E-state index contributed by atoms with van der Waals surface area (Å²) in [6, 6.07) is 0. The topological polar surface area (TPSA) is 23.5 Å². The number of fused-ring (bicyclic) bond motifs is 1. The summed E-state index contributed by atoms with van der Waals surface area (Å²) in [5.74, 6) is 0.597. The van der Waals surface area contributed by atoms with Gasteiger partial charge in [-0.05, 0) is 32.9 Å². The molecule has 2 heteroatoms. The van der Waals surface area contributed by atoms with Crippen molar-refractivity contribution in [1.82, 2.24) is 4.90 Å². The SMILES string of the molecule is CN1CCCC2(O)CC2C1. The minimum Gasteiger partial charge on any atom is -0.390 e. The van der Waals surface area contributed by atoms with Gasteiger partial charge in [-0.2, -0.15) is 0 Å². The average molecular weight is 141 g/mol. The van der Waals surface area contributed by atoms with Crippen LogP contribution >= 0.6 is 0 Å². The van der Waals surface area contributed by atoms with Gasteiger partial charge in [0.2, 0.25) is 0 Å². The van der Waals surface area contributed by atoms with Crippen LogP contribution in [-0.2, 0) is 0 Å². The van der Waals surface area contributed by atoms with Crippen LogP contribution in [0.3, 0.4) is 0 Å². The lowest BCUT2D eigenvalue weighted by molar-refractivity contribution is 0.124. The minimum atomic E-state index is -0.231. The van der Waals surface area contributed by atoms with Gasteiger partial charge in [0, 0.05) is 12.5 Å². The molecule has 1 saturated heterocycles. The summed E-state index contributed by atoms with van der Waals surface area (Å²) in [5, 5.41) is 9.72. The first-order chi connectivity index (χ1) is 4.71. The third-order valence-electron chi connectivity index (χ3n) is 2.88. The first-order valence-corrected chi connectivity index (χ1v) is 4.12.